The summed E-state index contributed by atoms with van der Waals surface area (Å²) in [6, 6.07) is 10.2. The van der Waals surface area contributed by atoms with E-state index in [-0.39, 0.29) is 25.2 Å². The first-order valence-electron chi connectivity index (χ1n) is 6.80. The molecule has 1 aliphatic heterocycles. The molecule has 1 saturated heterocycles. The summed E-state index contributed by atoms with van der Waals surface area (Å²) in [5.74, 6) is -0.222. The van der Waals surface area contributed by atoms with E-state index >= 15 is 0 Å². The van der Waals surface area contributed by atoms with Gasteiger partial charge in [0.15, 0.2) is 0 Å². The van der Waals surface area contributed by atoms with Crippen molar-refractivity contribution in [3.05, 3.63) is 35.9 Å². The average Bonchev–Trinajstić information content (AvgIpc) is 2.43. The van der Waals surface area contributed by atoms with Crippen LogP contribution in [-0.2, 0) is 16.1 Å². The number of carbonyl (C=O) groups excluding carboxylic acids is 1. The first-order chi connectivity index (χ1) is 9.24. The molecule has 0 aromatic heterocycles. The number of esters is 1. The number of rotatable bonds is 6. The molecule has 4 nitrogen and oxygen atoms in total. The molecule has 1 N–H and O–H groups in total. The molecule has 0 aliphatic carbocycles. The molecule has 1 aliphatic rings. The van der Waals surface area contributed by atoms with Crippen LogP contribution < -0.4 is 0 Å². The van der Waals surface area contributed by atoms with Crippen LogP contribution in [0.15, 0.2) is 30.3 Å². The second-order valence-electron chi connectivity index (χ2n) is 4.95. The molecule has 104 valence electrons. The Bertz CT molecular complexity index is 397. The highest BCUT2D eigenvalue weighted by atomic mass is 16.5. The minimum atomic E-state index is -0.222. The molecule has 0 amide bonds. The second kappa shape index (κ2) is 6.68. The number of nitrogens with zero attached hydrogens (tertiary/aromatic N) is 1. The predicted molar refractivity (Wildman–Crippen MR) is 72.5 cm³/mol. The monoisotopic (exact) mass is 263 g/mol. The van der Waals surface area contributed by atoms with E-state index < -0.39 is 0 Å². The van der Waals surface area contributed by atoms with Crippen LogP contribution >= 0.6 is 0 Å². The summed E-state index contributed by atoms with van der Waals surface area (Å²) in [7, 11) is 0. The van der Waals surface area contributed by atoms with Gasteiger partial charge in [0.05, 0.1) is 13.2 Å². The molecule has 1 unspecified atom stereocenters. The van der Waals surface area contributed by atoms with Crippen molar-refractivity contribution in [1.29, 1.82) is 0 Å². The predicted octanol–water partition coefficient (Wildman–Crippen LogP) is 1.57. The molecule has 0 spiro atoms. The summed E-state index contributed by atoms with van der Waals surface area (Å²) in [4.78, 5) is 13.8. The van der Waals surface area contributed by atoms with E-state index in [1.165, 1.54) is 0 Å². The average molecular weight is 263 g/mol. The fourth-order valence-electron chi connectivity index (χ4n) is 2.52. The Hall–Kier alpha value is -1.39. The minimum Gasteiger partial charge on any atom is -0.460 e. The van der Waals surface area contributed by atoms with Gasteiger partial charge in [-0.15, -0.1) is 0 Å². The van der Waals surface area contributed by atoms with E-state index in [2.05, 4.69) is 6.92 Å². The first-order valence-corrected chi connectivity index (χ1v) is 6.80. The topological polar surface area (TPSA) is 49.8 Å². The van der Waals surface area contributed by atoms with Crippen LogP contribution in [0.2, 0.25) is 0 Å². The Morgan fingerprint density at radius 2 is 2.11 bits per heavy atom. The maximum absolute atomic E-state index is 11.8. The van der Waals surface area contributed by atoms with Crippen LogP contribution in [0.3, 0.4) is 0 Å². The normalized spacial score (nSPS) is 22.8. The third kappa shape index (κ3) is 3.55. The van der Waals surface area contributed by atoms with Crippen molar-refractivity contribution in [1.82, 2.24) is 4.90 Å². The molecule has 19 heavy (non-hydrogen) atoms. The highest BCUT2D eigenvalue weighted by molar-refractivity contribution is 5.72. The van der Waals surface area contributed by atoms with Gasteiger partial charge in [-0.3, -0.25) is 9.69 Å². The van der Waals surface area contributed by atoms with Gasteiger partial charge in [0.1, 0.15) is 6.61 Å². The van der Waals surface area contributed by atoms with Crippen molar-refractivity contribution < 1.29 is 14.6 Å². The fraction of sp³-hybridized carbons (Fsp3) is 0.533. The van der Waals surface area contributed by atoms with Gasteiger partial charge in [-0.2, -0.15) is 0 Å². The van der Waals surface area contributed by atoms with Crippen LogP contribution in [-0.4, -0.2) is 41.2 Å². The smallest absolute Gasteiger partial charge is 0.320 e. The molecule has 4 heteroatoms. The Morgan fingerprint density at radius 3 is 2.74 bits per heavy atom. The number of benzene rings is 1. The SMILES string of the molecule is CC[C@@H]1CC(CO)N1CC(=O)OCc1ccccc1. The second-order valence-corrected chi connectivity index (χ2v) is 4.95. The standard InChI is InChI=1S/C15H21NO3/c1-2-13-8-14(10-17)16(13)9-15(18)19-11-12-6-4-3-5-7-12/h3-7,13-14,17H,2,8-11H2,1H3/t13-,14?/m1/s1. The summed E-state index contributed by atoms with van der Waals surface area (Å²) >= 11 is 0. The fourth-order valence-corrected chi connectivity index (χ4v) is 2.52. The lowest BCUT2D eigenvalue weighted by molar-refractivity contribution is -0.151. The number of ether oxygens (including phenoxy) is 1. The lowest BCUT2D eigenvalue weighted by atomic mass is 9.91. The third-order valence-corrected chi connectivity index (χ3v) is 3.72. The number of carbonyl (C=O) groups is 1. The molecule has 0 radical (unpaired) electrons. The molecular weight excluding hydrogens is 242 g/mol. The van der Waals surface area contributed by atoms with Crippen molar-refractivity contribution in [2.24, 2.45) is 0 Å². The van der Waals surface area contributed by atoms with Gasteiger partial charge in [0.25, 0.3) is 0 Å². The maximum Gasteiger partial charge on any atom is 0.320 e. The van der Waals surface area contributed by atoms with Crippen molar-refractivity contribution in [3.8, 4) is 0 Å². The maximum atomic E-state index is 11.8. The zero-order valence-corrected chi connectivity index (χ0v) is 11.3. The summed E-state index contributed by atoms with van der Waals surface area (Å²) in [6.07, 6.45) is 1.97. The van der Waals surface area contributed by atoms with Crippen molar-refractivity contribution in [2.45, 2.75) is 38.5 Å². The Labute approximate surface area is 114 Å². The van der Waals surface area contributed by atoms with Gasteiger partial charge < -0.3 is 9.84 Å². The minimum absolute atomic E-state index is 0.114. The van der Waals surface area contributed by atoms with Crippen LogP contribution in [0.4, 0.5) is 0 Å². The molecule has 1 aromatic carbocycles. The van der Waals surface area contributed by atoms with Crippen LogP contribution in [0.5, 0.6) is 0 Å². The van der Waals surface area contributed by atoms with E-state index in [1.807, 2.05) is 35.2 Å². The van der Waals surface area contributed by atoms with Gasteiger partial charge in [-0.25, -0.2) is 0 Å². The molecule has 0 saturated carbocycles. The lowest BCUT2D eigenvalue weighted by Crippen LogP contribution is -2.58. The first kappa shape index (κ1) is 14.0. The molecule has 2 atom stereocenters. The largest absolute Gasteiger partial charge is 0.460 e. The number of likely N-dealkylation sites (tertiary alicyclic amines) is 1. The molecule has 0 bridgehead atoms. The quantitative estimate of drug-likeness (QED) is 0.792. The van der Waals surface area contributed by atoms with Crippen molar-refractivity contribution in [2.75, 3.05) is 13.2 Å². The van der Waals surface area contributed by atoms with E-state index in [9.17, 15) is 9.90 Å². The highest BCUT2D eigenvalue weighted by Gasteiger charge is 2.37. The zero-order chi connectivity index (χ0) is 13.7. The Kier molecular flexibility index (Phi) is 4.93. The summed E-state index contributed by atoms with van der Waals surface area (Å²) < 4.78 is 5.26. The Morgan fingerprint density at radius 1 is 1.37 bits per heavy atom. The molecular formula is C15H21NO3. The van der Waals surface area contributed by atoms with Crippen molar-refractivity contribution >= 4 is 5.97 Å². The van der Waals surface area contributed by atoms with Gasteiger partial charge in [-0.05, 0) is 18.4 Å². The third-order valence-electron chi connectivity index (χ3n) is 3.72. The highest BCUT2D eigenvalue weighted by Crippen LogP contribution is 2.27. The number of aliphatic hydroxyl groups excluding tert-OH is 1. The van der Waals surface area contributed by atoms with Gasteiger partial charge in [-0.1, -0.05) is 37.3 Å². The van der Waals surface area contributed by atoms with E-state index in [4.69, 9.17) is 4.74 Å². The van der Waals surface area contributed by atoms with Gasteiger partial charge >= 0.3 is 5.97 Å². The molecule has 1 fully saturated rings. The molecule has 1 heterocycles. The lowest BCUT2D eigenvalue weighted by Gasteiger charge is -2.47. The summed E-state index contributed by atoms with van der Waals surface area (Å²) in [6.45, 7) is 2.80. The summed E-state index contributed by atoms with van der Waals surface area (Å²) in [5, 5.41) is 9.20. The van der Waals surface area contributed by atoms with Gasteiger partial charge in [0, 0.05) is 12.1 Å². The van der Waals surface area contributed by atoms with Gasteiger partial charge in [0.2, 0.25) is 0 Å². The van der Waals surface area contributed by atoms with E-state index in [1.54, 1.807) is 0 Å². The van der Waals surface area contributed by atoms with E-state index in [0.29, 0.717) is 12.6 Å². The van der Waals surface area contributed by atoms with E-state index in [0.717, 1.165) is 18.4 Å². The number of aliphatic hydroxyl groups is 1. The van der Waals surface area contributed by atoms with Crippen LogP contribution in [0, 0.1) is 0 Å². The molecule has 2 rings (SSSR count). The Balaban J connectivity index is 1.77. The zero-order valence-electron chi connectivity index (χ0n) is 11.3. The molecule has 1 aromatic rings. The summed E-state index contributed by atoms with van der Waals surface area (Å²) in [5.41, 5.74) is 0.991. The van der Waals surface area contributed by atoms with Crippen LogP contribution in [0.25, 0.3) is 0 Å². The van der Waals surface area contributed by atoms with Crippen LogP contribution in [0.1, 0.15) is 25.3 Å². The number of hydrogen-bond acceptors (Lipinski definition) is 4. The van der Waals surface area contributed by atoms with Crippen molar-refractivity contribution in [3.63, 3.8) is 0 Å². The number of hydrogen-bond donors (Lipinski definition) is 1.